The maximum absolute atomic E-state index is 3.73. The maximum Gasteiger partial charge on any atom is 0.0276 e. The summed E-state index contributed by atoms with van der Waals surface area (Å²) in [6.45, 7) is 7.09. The molecule has 96 valence electrons. The van der Waals surface area contributed by atoms with Gasteiger partial charge in [0.2, 0.25) is 0 Å². The third kappa shape index (κ3) is 4.29. The van der Waals surface area contributed by atoms with Crippen molar-refractivity contribution in [2.75, 3.05) is 19.3 Å². The molecule has 0 saturated heterocycles. The summed E-state index contributed by atoms with van der Waals surface area (Å²) in [5, 5.41) is 3.73. The summed E-state index contributed by atoms with van der Waals surface area (Å²) in [6, 6.07) is 0. The first-order valence-corrected chi connectivity index (χ1v) is 8.24. The summed E-state index contributed by atoms with van der Waals surface area (Å²) in [5.74, 6) is 0.960. The molecule has 1 aliphatic carbocycles. The Morgan fingerprint density at radius 3 is 2.25 bits per heavy atom. The van der Waals surface area contributed by atoms with Crippen LogP contribution >= 0.6 is 11.8 Å². The van der Waals surface area contributed by atoms with E-state index in [1.165, 1.54) is 58.0 Å². The van der Waals surface area contributed by atoms with Crippen LogP contribution in [0.1, 0.15) is 58.8 Å². The minimum absolute atomic E-state index is 0.481. The molecule has 1 rings (SSSR count). The average Bonchev–Trinajstić information content (AvgIpc) is 2.37. The van der Waals surface area contributed by atoms with Gasteiger partial charge in [-0.1, -0.05) is 33.1 Å². The predicted molar refractivity (Wildman–Crippen MR) is 76.3 cm³/mol. The van der Waals surface area contributed by atoms with Gasteiger partial charge >= 0.3 is 0 Å². The highest BCUT2D eigenvalue weighted by atomic mass is 32.2. The Kier molecular flexibility index (Phi) is 6.83. The lowest BCUT2D eigenvalue weighted by atomic mass is 9.89. The molecule has 0 amide bonds. The summed E-state index contributed by atoms with van der Waals surface area (Å²) in [4.78, 5) is 0. The van der Waals surface area contributed by atoms with Crippen LogP contribution in [0.5, 0.6) is 0 Å². The maximum atomic E-state index is 3.73. The van der Waals surface area contributed by atoms with Gasteiger partial charge in [0.25, 0.3) is 0 Å². The summed E-state index contributed by atoms with van der Waals surface area (Å²) in [7, 11) is 0. The lowest BCUT2D eigenvalue weighted by molar-refractivity contribution is 0.334. The summed E-state index contributed by atoms with van der Waals surface area (Å²) in [5.41, 5.74) is 0. The van der Waals surface area contributed by atoms with Crippen LogP contribution in [0.25, 0.3) is 0 Å². The van der Waals surface area contributed by atoms with Crippen LogP contribution in [0.15, 0.2) is 0 Å². The second-order valence-electron chi connectivity index (χ2n) is 5.23. The first-order valence-electron chi connectivity index (χ1n) is 7.02. The van der Waals surface area contributed by atoms with E-state index in [1.54, 1.807) is 0 Å². The number of hydrogen-bond donors (Lipinski definition) is 1. The summed E-state index contributed by atoms with van der Waals surface area (Å²) >= 11 is 2.04. The monoisotopic (exact) mass is 243 g/mol. The predicted octanol–water partition coefficient (Wildman–Crippen LogP) is 4.08. The molecule has 0 aromatic heterocycles. The molecule has 0 unspecified atom stereocenters. The second kappa shape index (κ2) is 7.60. The van der Waals surface area contributed by atoms with Crippen molar-refractivity contribution in [3.05, 3.63) is 0 Å². The van der Waals surface area contributed by atoms with Crippen LogP contribution in [-0.4, -0.2) is 24.1 Å². The molecule has 1 nitrogen and oxygen atoms in total. The van der Waals surface area contributed by atoms with Gasteiger partial charge in [-0.05, 0) is 44.4 Å². The van der Waals surface area contributed by atoms with Crippen molar-refractivity contribution >= 4 is 11.8 Å². The van der Waals surface area contributed by atoms with E-state index < -0.39 is 0 Å². The Morgan fingerprint density at radius 1 is 1.12 bits per heavy atom. The highest BCUT2D eigenvalue weighted by Gasteiger charge is 2.24. The molecular formula is C14H29NS. The molecule has 0 atom stereocenters. The van der Waals surface area contributed by atoms with Crippen molar-refractivity contribution in [2.24, 2.45) is 5.92 Å². The van der Waals surface area contributed by atoms with Gasteiger partial charge in [0.15, 0.2) is 0 Å². The molecule has 2 heteroatoms. The minimum Gasteiger partial charge on any atom is -0.315 e. The Labute approximate surface area is 106 Å². The lowest BCUT2D eigenvalue weighted by Gasteiger charge is -2.31. The topological polar surface area (TPSA) is 12.0 Å². The molecule has 0 heterocycles. The van der Waals surface area contributed by atoms with Crippen LogP contribution in [0.2, 0.25) is 0 Å². The third-order valence-electron chi connectivity index (χ3n) is 4.33. The van der Waals surface area contributed by atoms with E-state index in [2.05, 4.69) is 25.4 Å². The van der Waals surface area contributed by atoms with E-state index in [0.29, 0.717) is 4.75 Å². The highest BCUT2D eigenvalue weighted by molar-refractivity contribution is 8.00. The van der Waals surface area contributed by atoms with Gasteiger partial charge in [-0.25, -0.2) is 0 Å². The third-order valence-corrected chi connectivity index (χ3v) is 5.91. The van der Waals surface area contributed by atoms with Crippen LogP contribution in [-0.2, 0) is 0 Å². The quantitative estimate of drug-likeness (QED) is 0.723. The normalized spacial score (nSPS) is 18.9. The van der Waals surface area contributed by atoms with E-state index in [-0.39, 0.29) is 0 Å². The fourth-order valence-electron chi connectivity index (χ4n) is 2.76. The van der Waals surface area contributed by atoms with Crippen LogP contribution in [0.4, 0.5) is 0 Å². The molecule has 0 aromatic carbocycles. The van der Waals surface area contributed by atoms with Crippen LogP contribution in [0.3, 0.4) is 0 Å². The van der Waals surface area contributed by atoms with Gasteiger partial charge in [-0.15, -0.1) is 0 Å². The van der Waals surface area contributed by atoms with Crippen molar-refractivity contribution in [2.45, 2.75) is 63.5 Å². The Balaban J connectivity index is 2.21. The lowest BCUT2D eigenvalue weighted by Crippen LogP contribution is -2.38. The molecule has 16 heavy (non-hydrogen) atoms. The number of thioether (sulfide) groups is 1. The Hall–Kier alpha value is 0.310. The van der Waals surface area contributed by atoms with Crippen molar-refractivity contribution in [3.63, 3.8) is 0 Å². The van der Waals surface area contributed by atoms with E-state index in [1.807, 2.05) is 11.8 Å². The molecule has 0 spiro atoms. The molecular weight excluding hydrogens is 214 g/mol. The van der Waals surface area contributed by atoms with Crippen LogP contribution in [0, 0.1) is 5.92 Å². The van der Waals surface area contributed by atoms with E-state index in [0.717, 1.165) is 5.92 Å². The SMILES string of the molecule is CCC(CC)(CNCC1CCCCC1)SC. The van der Waals surface area contributed by atoms with Gasteiger partial charge < -0.3 is 5.32 Å². The molecule has 1 N–H and O–H groups in total. The Bertz CT molecular complexity index is 163. The smallest absolute Gasteiger partial charge is 0.0276 e. The zero-order valence-corrected chi connectivity index (χ0v) is 12.2. The first-order chi connectivity index (χ1) is 7.76. The van der Waals surface area contributed by atoms with Crippen LogP contribution < -0.4 is 5.32 Å². The molecule has 0 aromatic rings. The molecule has 0 bridgehead atoms. The minimum atomic E-state index is 0.481. The average molecular weight is 243 g/mol. The van der Waals surface area contributed by atoms with Crippen molar-refractivity contribution in [3.8, 4) is 0 Å². The molecule has 1 fully saturated rings. The van der Waals surface area contributed by atoms with Crippen molar-refractivity contribution in [1.29, 1.82) is 0 Å². The Morgan fingerprint density at radius 2 is 1.75 bits per heavy atom. The highest BCUT2D eigenvalue weighted by Crippen LogP contribution is 2.30. The summed E-state index contributed by atoms with van der Waals surface area (Å²) in [6.07, 6.45) is 12.1. The number of rotatable bonds is 7. The van der Waals surface area contributed by atoms with Gasteiger partial charge in [0.1, 0.15) is 0 Å². The van der Waals surface area contributed by atoms with Gasteiger partial charge in [0.05, 0.1) is 0 Å². The molecule has 1 saturated carbocycles. The van der Waals surface area contributed by atoms with Crippen molar-refractivity contribution in [1.82, 2.24) is 5.32 Å². The second-order valence-corrected chi connectivity index (χ2v) is 6.50. The summed E-state index contributed by atoms with van der Waals surface area (Å²) < 4.78 is 0.481. The first kappa shape index (κ1) is 14.4. The largest absolute Gasteiger partial charge is 0.315 e. The molecule has 1 aliphatic rings. The van der Waals surface area contributed by atoms with E-state index in [4.69, 9.17) is 0 Å². The number of hydrogen-bond acceptors (Lipinski definition) is 2. The van der Waals surface area contributed by atoms with Gasteiger partial charge in [-0.3, -0.25) is 0 Å². The van der Waals surface area contributed by atoms with Gasteiger partial charge in [-0.2, -0.15) is 11.8 Å². The fourth-order valence-corrected chi connectivity index (χ4v) is 3.58. The zero-order chi connectivity index (χ0) is 11.9. The number of nitrogens with one attached hydrogen (secondary N) is 1. The van der Waals surface area contributed by atoms with Crippen molar-refractivity contribution < 1.29 is 0 Å². The fraction of sp³-hybridized carbons (Fsp3) is 1.00. The van der Waals surface area contributed by atoms with Gasteiger partial charge in [0, 0.05) is 11.3 Å². The molecule has 0 radical (unpaired) electrons. The molecule has 0 aliphatic heterocycles. The standard InChI is InChI=1S/C14H29NS/c1-4-14(5-2,16-3)12-15-11-13-9-7-6-8-10-13/h13,15H,4-12H2,1-3H3. The van der Waals surface area contributed by atoms with E-state index in [9.17, 15) is 0 Å². The van der Waals surface area contributed by atoms with E-state index >= 15 is 0 Å². The zero-order valence-electron chi connectivity index (χ0n) is 11.3.